The molecule has 0 spiro atoms. The van der Waals surface area contributed by atoms with Crippen molar-refractivity contribution in [3.8, 4) is 0 Å². The normalized spacial score (nSPS) is 16.3. The highest BCUT2D eigenvalue weighted by atomic mass is 35.5. The minimum Gasteiger partial charge on any atom is -0.333 e. The first-order valence-electron chi connectivity index (χ1n) is 6.80. The molecular formula is C14H16ClN5O. The standard InChI is InChI=1S/C14H16ClN5O/c1-10(14(21)18-12-3-2-11(15)8-17-12)20-7-6-19-5-4-16-13(19)9-20/h2-5,8,10H,6-7,9H2,1H3,(H,17,18,21). The Labute approximate surface area is 127 Å². The summed E-state index contributed by atoms with van der Waals surface area (Å²) < 4.78 is 2.11. The van der Waals surface area contributed by atoms with Gasteiger partial charge in [-0.1, -0.05) is 11.6 Å². The lowest BCUT2D eigenvalue weighted by molar-refractivity contribution is -0.121. The molecule has 110 valence electrons. The summed E-state index contributed by atoms with van der Waals surface area (Å²) in [6, 6.07) is 3.15. The molecule has 1 aliphatic heterocycles. The quantitative estimate of drug-likeness (QED) is 0.939. The number of hydrogen-bond donors (Lipinski definition) is 1. The van der Waals surface area contributed by atoms with Crippen LogP contribution in [0, 0.1) is 0 Å². The molecule has 2 aromatic heterocycles. The number of pyridine rings is 1. The van der Waals surface area contributed by atoms with E-state index in [9.17, 15) is 4.79 Å². The van der Waals surface area contributed by atoms with Gasteiger partial charge in [-0.25, -0.2) is 9.97 Å². The Bertz CT molecular complexity index is 639. The molecule has 21 heavy (non-hydrogen) atoms. The predicted molar refractivity (Wildman–Crippen MR) is 80.0 cm³/mol. The highest BCUT2D eigenvalue weighted by molar-refractivity contribution is 6.30. The van der Waals surface area contributed by atoms with Crippen LogP contribution >= 0.6 is 11.6 Å². The minimum atomic E-state index is -0.243. The first-order valence-corrected chi connectivity index (χ1v) is 7.18. The summed E-state index contributed by atoms with van der Waals surface area (Å²) in [6.07, 6.45) is 5.27. The van der Waals surface area contributed by atoms with E-state index in [-0.39, 0.29) is 11.9 Å². The number of aromatic nitrogens is 3. The van der Waals surface area contributed by atoms with Gasteiger partial charge < -0.3 is 9.88 Å². The number of rotatable bonds is 3. The van der Waals surface area contributed by atoms with Gasteiger partial charge in [-0.05, 0) is 19.1 Å². The Hall–Kier alpha value is -1.92. The lowest BCUT2D eigenvalue weighted by Crippen LogP contribution is -2.45. The Kier molecular flexibility index (Phi) is 3.90. The van der Waals surface area contributed by atoms with Crippen LogP contribution in [0.4, 0.5) is 5.82 Å². The minimum absolute atomic E-state index is 0.0789. The lowest BCUT2D eigenvalue weighted by Gasteiger charge is -2.31. The van der Waals surface area contributed by atoms with Gasteiger partial charge in [0.15, 0.2) is 0 Å². The third-order valence-electron chi connectivity index (χ3n) is 3.68. The van der Waals surface area contributed by atoms with Crippen molar-refractivity contribution in [2.45, 2.75) is 26.1 Å². The fourth-order valence-corrected chi connectivity index (χ4v) is 2.48. The molecule has 0 fully saturated rings. The van der Waals surface area contributed by atoms with Crippen molar-refractivity contribution >= 4 is 23.3 Å². The third-order valence-corrected chi connectivity index (χ3v) is 3.90. The molecular weight excluding hydrogens is 290 g/mol. The number of nitrogens with one attached hydrogen (secondary N) is 1. The maximum atomic E-state index is 12.3. The van der Waals surface area contributed by atoms with E-state index in [2.05, 4.69) is 24.8 Å². The van der Waals surface area contributed by atoms with Crippen LogP contribution < -0.4 is 5.32 Å². The van der Waals surface area contributed by atoms with Crippen LogP contribution in [-0.4, -0.2) is 37.9 Å². The number of halogens is 1. The van der Waals surface area contributed by atoms with Gasteiger partial charge in [0, 0.05) is 31.7 Å². The Morgan fingerprint density at radius 3 is 3.00 bits per heavy atom. The van der Waals surface area contributed by atoms with Crippen LogP contribution in [0.15, 0.2) is 30.7 Å². The van der Waals surface area contributed by atoms with Gasteiger partial charge in [0.1, 0.15) is 11.6 Å². The number of carbonyl (C=O) groups excluding carboxylic acids is 1. The Balaban J connectivity index is 1.64. The van der Waals surface area contributed by atoms with Crippen molar-refractivity contribution in [3.05, 3.63) is 41.6 Å². The maximum absolute atomic E-state index is 12.3. The topological polar surface area (TPSA) is 63.1 Å². The first kappa shape index (κ1) is 14.0. The summed E-state index contributed by atoms with van der Waals surface area (Å²) in [5.74, 6) is 1.42. The molecule has 0 aromatic carbocycles. The molecule has 0 saturated heterocycles. The van der Waals surface area contributed by atoms with E-state index in [0.29, 0.717) is 17.4 Å². The van der Waals surface area contributed by atoms with Crippen LogP contribution in [0.5, 0.6) is 0 Å². The summed E-state index contributed by atoms with van der Waals surface area (Å²) >= 11 is 5.78. The smallest absolute Gasteiger partial charge is 0.242 e. The van der Waals surface area contributed by atoms with E-state index >= 15 is 0 Å². The molecule has 3 rings (SSSR count). The second-order valence-electron chi connectivity index (χ2n) is 5.03. The summed E-state index contributed by atoms with van der Waals surface area (Å²) in [4.78, 5) is 22.8. The van der Waals surface area contributed by atoms with Crippen molar-refractivity contribution in [2.75, 3.05) is 11.9 Å². The van der Waals surface area contributed by atoms with Crippen LogP contribution in [0.25, 0.3) is 0 Å². The highest BCUT2D eigenvalue weighted by Crippen LogP contribution is 2.15. The number of carbonyl (C=O) groups is 1. The van der Waals surface area contributed by atoms with E-state index in [1.165, 1.54) is 6.20 Å². The van der Waals surface area contributed by atoms with Gasteiger partial charge in [-0.15, -0.1) is 0 Å². The summed E-state index contributed by atoms with van der Waals surface area (Å²) in [5, 5.41) is 3.35. The zero-order valence-electron chi connectivity index (χ0n) is 11.7. The molecule has 3 heterocycles. The SMILES string of the molecule is CC(C(=O)Nc1ccc(Cl)cn1)N1CCn2ccnc2C1. The van der Waals surface area contributed by atoms with Crippen molar-refractivity contribution < 1.29 is 4.79 Å². The summed E-state index contributed by atoms with van der Waals surface area (Å²) in [7, 11) is 0. The van der Waals surface area contributed by atoms with Crippen molar-refractivity contribution in [3.63, 3.8) is 0 Å². The average Bonchev–Trinajstić information content (AvgIpc) is 2.96. The van der Waals surface area contributed by atoms with E-state index in [0.717, 1.165) is 18.9 Å². The van der Waals surface area contributed by atoms with Crippen LogP contribution in [0.2, 0.25) is 5.02 Å². The van der Waals surface area contributed by atoms with Gasteiger partial charge in [-0.2, -0.15) is 0 Å². The van der Waals surface area contributed by atoms with Gasteiger partial charge in [0.25, 0.3) is 0 Å². The zero-order chi connectivity index (χ0) is 14.8. The number of anilines is 1. The van der Waals surface area contributed by atoms with E-state index in [1.807, 2.05) is 13.1 Å². The molecule has 1 N–H and O–H groups in total. The molecule has 0 aliphatic carbocycles. The third kappa shape index (κ3) is 3.06. The maximum Gasteiger partial charge on any atom is 0.242 e. The molecule has 7 heteroatoms. The molecule has 0 radical (unpaired) electrons. The molecule has 1 unspecified atom stereocenters. The zero-order valence-corrected chi connectivity index (χ0v) is 12.4. The van der Waals surface area contributed by atoms with E-state index < -0.39 is 0 Å². The van der Waals surface area contributed by atoms with Crippen LogP contribution in [-0.2, 0) is 17.9 Å². The first-order chi connectivity index (χ1) is 10.1. The summed E-state index contributed by atoms with van der Waals surface area (Å²) in [5.41, 5.74) is 0. The van der Waals surface area contributed by atoms with Crippen LogP contribution in [0.1, 0.15) is 12.7 Å². The molecule has 1 aliphatic rings. The number of amides is 1. The second-order valence-corrected chi connectivity index (χ2v) is 5.47. The summed E-state index contributed by atoms with van der Waals surface area (Å²) in [6.45, 7) is 4.25. The van der Waals surface area contributed by atoms with Crippen molar-refractivity contribution in [2.24, 2.45) is 0 Å². The molecule has 0 saturated carbocycles. The van der Waals surface area contributed by atoms with Crippen molar-refractivity contribution in [1.82, 2.24) is 19.4 Å². The number of imidazole rings is 1. The van der Waals surface area contributed by atoms with Gasteiger partial charge in [0.2, 0.25) is 5.91 Å². The van der Waals surface area contributed by atoms with Crippen LogP contribution in [0.3, 0.4) is 0 Å². The molecule has 2 aromatic rings. The highest BCUT2D eigenvalue weighted by Gasteiger charge is 2.25. The monoisotopic (exact) mass is 305 g/mol. The Morgan fingerprint density at radius 1 is 1.38 bits per heavy atom. The molecule has 1 atom stereocenters. The number of hydrogen-bond acceptors (Lipinski definition) is 4. The number of fused-ring (bicyclic) bond motifs is 1. The largest absolute Gasteiger partial charge is 0.333 e. The Morgan fingerprint density at radius 2 is 2.24 bits per heavy atom. The van der Waals surface area contributed by atoms with Gasteiger partial charge in [0.05, 0.1) is 17.6 Å². The molecule has 6 nitrogen and oxygen atoms in total. The second kappa shape index (κ2) is 5.83. The predicted octanol–water partition coefficient (Wildman–Crippen LogP) is 1.77. The van der Waals surface area contributed by atoms with Gasteiger partial charge >= 0.3 is 0 Å². The average molecular weight is 306 g/mol. The van der Waals surface area contributed by atoms with E-state index in [1.54, 1.807) is 18.3 Å². The molecule has 1 amide bonds. The van der Waals surface area contributed by atoms with Gasteiger partial charge in [-0.3, -0.25) is 9.69 Å². The number of nitrogens with zero attached hydrogens (tertiary/aromatic N) is 4. The van der Waals surface area contributed by atoms with Crippen molar-refractivity contribution in [1.29, 1.82) is 0 Å². The van der Waals surface area contributed by atoms with E-state index in [4.69, 9.17) is 11.6 Å². The fraction of sp³-hybridized carbons (Fsp3) is 0.357. The fourth-order valence-electron chi connectivity index (χ4n) is 2.37. The lowest BCUT2D eigenvalue weighted by atomic mass is 10.2. The molecule has 0 bridgehead atoms.